The maximum atomic E-state index is 12.1. The number of hydrogen-bond acceptors (Lipinski definition) is 5. The van der Waals surface area contributed by atoms with Crippen LogP contribution in [0, 0.1) is 11.8 Å². The minimum Gasteiger partial charge on any atom is -0.337 e. The van der Waals surface area contributed by atoms with Crippen LogP contribution in [-0.4, -0.2) is 38.7 Å². The van der Waals surface area contributed by atoms with Gasteiger partial charge in [-0.05, 0) is 24.7 Å². The number of carbonyl (C=O) groups is 1. The molecule has 3 atom stereocenters. The molecule has 1 aliphatic carbocycles. The highest BCUT2D eigenvalue weighted by Gasteiger charge is 2.40. The summed E-state index contributed by atoms with van der Waals surface area (Å²) in [5.41, 5.74) is 6.61. The summed E-state index contributed by atoms with van der Waals surface area (Å²) in [7, 11) is 0. The second-order valence-electron chi connectivity index (χ2n) is 5.02. The maximum absolute atomic E-state index is 12.1. The van der Waals surface area contributed by atoms with Crippen molar-refractivity contribution >= 4 is 17.6 Å². The van der Waals surface area contributed by atoms with E-state index in [-0.39, 0.29) is 11.9 Å². The van der Waals surface area contributed by atoms with Gasteiger partial charge in [-0.15, -0.1) is 0 Å². The summed E-state index contributed by atoms with van der Waals surface area (Å²) in [6.45, 7) is 1.64. The second kappa shape index (κ2) is 4.34. The van der Waals surface area contributed by atoms with Crippen LogP contribution in [0.2, 0.25) is 0 Å². The summed E-state index contributed by atoms with van der Waals surface area (Å²) in [6.07, 6.45) is 5.05. The van der Waals surface area contributed by atoms with Crippen LogP contribution in [0.25, 0.3) is 0 Å². The van der Waals surface area contributed by atoms with Crippen LogP contribution in [0.3, 0.4) is 0 Å². The molecule has 2 heterocycles. The quantitative estimate of drug-likeness (QED) is 0.800. The van der Waals surface area contributed by atoms with E-state index in [0.717, 1.165) is 31.2 Å². The number of aromatic nitrogens is 2. The zero-order chi connectivity index (χ0) is 11.8. The van der Waals surface area contributed by atoms with Gasteiger partial charge in [0.05, 0.1) is 17.9 Å². The number of rotatable bonds is 1. The summed E-state index contributed by atoms with van der Waals surface area (Å²) in [6, 6.07) is 0.264. The Bertz CT molecular complexity index is 408. The number of nitrogens with zero attached hydrogens (tertiary/aromatic N) is 3. The lowest BCUT2D eigenvalue weighted by atomic mass is 9.78. The maximum Gasteiger partial charge on any atom is 0.275 e. The Balaban J connectivity index is 1.73. The molecule has 5 nitrogen and oxygen atoms in total. The molecule has 2 fully saturated rings. The monoisotopic (exact) mass is 252 g/mol. The van der Waals surface area contributed by atoms with Crippen molar-refractivity contribution in [3.63, 3.8) is 0 Å². The van der Waals surface area contributed by atoms with Crippen molar-refractivity contribution < 1.29 is 4.79 Å². The highest BCUT2D eigenvalue weighted by atomic mass is 32.1. The van der Waals surface area contributed by atoms with Crippen LogP contribution in [0.5, 0.6) is 0 Å². The van der Waals surface area contributed by atoms with Crippen molar-refractivity contribution in [1.29, 1.82) is 0 Å². The van der Waals surface area contributed by atoms with E-state index in [9.17, 15) is 4.79 Å². The SMILES string of the molecule is NC1CCCC2CN(C(=O)c3cnsn3)CC12. The number of hydrogen-bond donors (Lipinski definition) is 1. The number of nitrogens with two attached hydrogens (primary N) is 1. The molecular weight excluding hydrogens is 236 g/mol. The molecule has 2 aliphatic rings. The third-order valence-corrected chi connectivity index (χ3v) is 4.50. The van der Waals surface area contributed by atoms with Crippen molar-refractivity contribution in [1.82, 2.24) is 13.6 Å². The molecule has 1 amide bonds. The highest BCUT2D eigenvalue weighted by Crippen LogP contribution is 2.35. The van der Waals surface area contributed by atoms with Crippen molar-refractivity contribution in [3.05, 3.63) is 11.9 Å². The van der Waals surface area contributed by atoms with E-state index in [1.165, 1.54) is 12.8 Å². The standard InChI is InChI=1S/C11H16N4OS/c12-9-3-1-2-7-5-15(6-8(7)9)11(16)10-4-13-17-14-10/h4,7-9H,1-3,5-6,12H2. The first-order valence-electron chi connectivity index (χ1n) is 6.08. The minimum atomic E-state index is 0.0142. The first-order valence-corrected chi connectivity index (χ1v) is 6.81. The Labute approximate surface area is 104 Å². The van der Waals surface area contributed by atoms with Gasteiger partial charge in [-0.1, -0.05) is 6.42 Å². The van der Waals surface area contributed by atoms with Crippen molar-refractivity contribution in [2.45, 2.75) is 25.3 Å². The number of likely N-dealkylation sites (tertiary alicyclic amines) is 1. The fraction of sp³-hybridized carbons (Fsp3) is 0.727. The first-order chi connectivity index (χ1) is 8.25. The van der Waals surface area contributed by atoms with Gasteiger partial charge in [0.25, 0.3) is 5.91 Å². The molecule has 1 aromatic rings. The summed E-state index contributed by atoms with van der Waals surface area (Å²) in [5, 5.41) is 0. The zero-order valence-corrected chi connectivity index (χ0v) is 10.4. The van der Waals surface area contributed by atoms with E-state index in [1.54, 1.807) is 6.20 Å². The van der Waals surface area contributed by atoms with Crippen LogP contribution < -0.4 is 5.73 Å². The van der Waals surface area contributed by atoms with Crippen LogP contribution in [0.1, 0.15) is 29.8 Å². The molecule has 3 unspecified atom stereocenters. The van der Waals surface area contributed by atoms with Crippen molar-refractivity contribution in [3.8, 4) is 0 Å². The molecular formula is C11H16N4OS. The Hall–Kier alpha value is -1.01. The molecule has 92 valence electrons. The molecule has 0 bridgehead atoms. The van der Waals surface area contributed by atoms with Crippen molar-refractivity contribution in [2.24, 2.45) is 17.6 Å². The molecule has 6 heteroatoms. The van der Waals surface area contributed by atoms with Gasteiger partial charge in [-0.25, -0.2) is 0 Å². The first kappa shape index (κ1) is 11.1. The lowest BCUT2D eigenvalue weighted by Crippen LogP contribution is -2.38. The van der Waals surface area contributed by atoms with Gasteiger partial charge in [0.15, 0.2) is 5.69 Å². The van der Waals surface area contributed by atoms with Gasteiger partial charge >= 0.3 is 0 Å². The fourth-order valence-corrected chi connectivity index (χ4v) is 3.51. The molecule has 1 aliphatic heterocycles. The molecule has 0 aromatic carbocycles. The Morgan fingerprint density at radius 1 is 1.47 bits per heavy atom. The van der Waals surface area contributed by atoms with E-state index in [0.29, 0.717) is 17.5 Å². The van der Waals surface area contributed by atoms with Crippen LogP contribution >= 0.6 is 11.7 Å². The van der Waals surface area contributed by atoms with Gasteiger partial charge < -0.3 is 10.6 Å². The predicted octanol–water partition coefficient (Wildman–Crippen LogP) is 0.737. The normalized spacial score (nSPS) is 32.5. The fourth-order valence-electron chi connectivity index (χ4n) is 3.10. The third kappa shape index (κ3) is 1.95. The minimum absolute atomic E-state index is 0.0142. The smallest absolute Gasteiger partial charge is 0.275 e. The molecule has 1 aromatic heterocycles. The molecule has 1 saturated heterocycles. The van der Waals surface area contributed by atoms with Crippen LogP contribution in [0.15, 0.2) is 6.20 Å². The summed E-state index contributed by atoms with van der Waals surface area (Å²) in [4.78, 5) is 14.0. The Morgan fingerprint density at radius 2 is 2.35 bits per heavy atom. The number of carbonyl (C=O) groups excluding carboxylic acids is 1. The third-order valence-electron chi connectivity index (χ3n) is 4.02. The second-order valence-corrected chi connectivity index (χ2v) is 5.58. The van der Waals surface area contributed by atoms with Crippen molar-refractivity contribution in [2.75, 3.05) is 13.1 Å². The zero-order valence-electron chi connectivity index (χ0n) is 9.58. The lowest BCUT2D eigenvalue weighted by molar-refractivity contribution is 0.0778. The summed E-state index contributed by atoms with van der Waals surface area (Å²) < 4.78 is 7.88. The van der Waals surface area contributed by atoms with Crippen LogP contribution in [0.4, 0.5) is 0 Å². The highest BCUT2D eigenvalue weighted by molar-refractivity contribution is 6.99. The van der Waals surface area contributed by atoms with E-state index >= 15 is 0 Å². The molecule has 0 spiro atoms. The average Bonchev–Trinajstić information content (AvgIpc) is 2.98. The topological polar surface area (TPSA) is 72.1 Å². The molecule has 3 rings (SSSR count). The van der Waals surface area contributed by atoms with E-state index in [1.807, 2.05) is 4.90 Å². The Kier molecular flexibility index (Phi) is 2.84. The Morgan fingerprint density at radius 3 is 3.06 bits per heavy atom. The summed E-state index contributed by atoms with van der Waals surface area (Å²) >= 11 is 1.08. The van der Waals surface area contributed by atoms with Crippen LogP contribution in [-0.2, 0) is 0 Å². The molecule has 1 saturated carbocycles. The molecule has 17 heavy (non-hydrogen) atoms. The molecule has 2 N–H and O–H groups in total. The summed E-state index contributed by atoms with van der Waals surface area (Å²) in [5.74, 6) is 1.09. The number of fused-ring (bicyclic) bond motifs is 1. The molecule has 0 radical (unpaired) electrons. The van der Waals surface area contributed by atoms with Gasteiger partial charge in [0.2, 0.25) is 0 Å². The largest absolute Gasteiger partial charge is 0.337 e. The van der Waals surface area contributed by atoms with Gasteiger partial charge in [0.1, 0.15) is 0 Å². The van der Waals surface area contributed by atoms with Gasteiger partial charge in [-0.3, -0.25) is 4.79 Å². The average molecular weight is 252 g/mol. The lowest BCUT2D eigenvalue weighted by Gasteiger charge is -2.29. The van der Waals surface area contributed by atoms with E-state index in [4.69, 9.17) is 5.73 Å². The van der Waals surface area contributed by atoms with E-state index < -0.39 is 0 Å². The number of amides is 1. The van der Waals surface area contributed by atoms with Gasteiger partial charge in [-0.2, -0.15) is 8.75 Å². The van der Waals surface area contributed by atoms with E-state index in [2.05, 4.69) is 8.75 Å². The van der Waals surface area contributed by atoms with Gasteiger partial charge in [0, 0.05) is 19.1 Å². The predicted molar refractivity (Wildman–Crippen MR) is 64.6 cm³/mol.